The minimum atomic E-state index is -3.41. The molecule has 0 amide bonds. The summed E-state index contributed by atoms with van der Waals surface area (Å²) in [6, 6.07) is 1.89. The second-order valence-electron chi connectivity index (χ2n) is 8.44. The van der Waals surface area contributed by atoms with E-state index in [-0.39, 0.29) is 18.9 Å². The smallest absolute Gasteiger partial charge is 0.209 e. The number of methoxy groups -OCH3 is 1. The molecule has 33 heavy (non-hydrogen) atoms. The highest BCUT2D eigenvalue weighted by Crippen LogP contribution is 2.33. The lowest BCUT2D eigenvalue weighted by molar-refractivity contribution is 0.0817. The molecule has 0 saturated carbocycles. The lowest BCUT2D eigenvalue weighted by Crippen LogP contribution is -2.53. The molecule has 3 rings (SSSR count). The van der Waals surface area contributed by atoms with Gasteiger partial charge in [-0.15, -0.1) is 6.42 Å². The number of aryl methyl sites for hydroxylation is 1. The van der Waals surface area contributed by atoms with Crippen LogP contribution in [0.1, 0.15) is 35.8 Å². The number of rotatable bonds is 8. The fourth-order valence-electron chi connectivity index (χ4n) is 4.21. The van der Waals surface area contributed by atoms with Crippen LogP contribution in [0, 0.1) is 19.3 Å². The first kappa shape index (κ1) is 24.9. The molecule has 2 aliphatic rings. The number of pyridine rings is 1. The zero-order chi connectivity index (χ0) is 24.1. The number of nitrogens with one attached hydrogen (secondary N) is 1. The van der Waals surface area contributed by atoms with E-state index in [9.17, 15) is 12.8 Å². The number of likely N-dealkylation sites (tertiary alicyclic amines) is 1. The van der Waals surface area contributed by atoms with E-state index in [1.165, 1.54) is 18.2 Å². The fraction of sp³-hybridized carbons (Fsp3) is 0.478. The average molecular weight is 477 g/mol. The van der Waals surface area contributed by atoms with E-state index in [4.69, 9.17) is 16.0 Å². The third-order valence-corrected chi connectivity index (χ3v) is 6.27. The molecule has 1 aromatic rings. The van der Waals surface area contributed by atoms with Gasteiger partial charge in [-0.25, -0.2) is 17.5 Å². The Labute approximate surface area is 194 Å². The van der Waals surface area contributed by atoms with Crippen LogP contribution in [0.25, 0.3) is 0 Å². The third-order valence-electron chi connectivity index (χ3n) is 5.47. The van der Waals surface area contributed by atoms with E-state index >= 15 is 0 Å². The van der Waals surface area contributed by atoms with E-state index in [1.807, 2.05) is 17.9 Å². The van der Waals surface area contributed by atoms with Gasteiger partial charge in [0.05, 0.1) is 30.5 Å². The minimum Gasteiger partial charge on any atom is -0.384 e. The Bertz CT molecular complexity index is 1110. The van der Waals surface area contributed by atoms with Crippen LogP contribution in [0.5, 0.6) is 0 Å². The van der Waals surface area contributed by atoms with Crippen molar-refractivity contribution in [3.63, 3.8) is 0 Å². The Balaban J connectivity index is 1.73. The highest BCUT2D eigenvalue weighted by molar-refractivity contribution is 7.88. The molecule has 8 nitrogen and oxygen atoms in total. The number of hydrogen-bond acceptors (Lipinski definition) is 7. The zero-order valence-electron chi connectivity index (χ0n) is 19.0. The van der Waals surface area contributed by atoms with E-state index < -0.39 is 21.7 Å². The molecule has 0 spiro atoms. The highest BCUT2D eigenvalue weighted by atomic mass is 32.2. The van der Waals surface area contributed by atoms with Crippen LogP contribution >= 0.6 is 0 Å². The molecule has 178 valence electrons. The van der Waals surface area contributed by atoms with Gasteiger partial charge in [-0.2, -0.15) is 0 Å². The number of hydrogen-bond donors (Lipinski definition) is 1. The maximum atomic E-state index is 14.4. The molecule has 1 aromatic heterocycles. The second kappa shape index (κ2) is 10.5. The van der Waals surface area contributed by atoms with Crippen molar-refractivity contribution in [2.45, 2.75) is 37.8 Å². The standard InChI is InChI=1S/C23H29FN4O4S/c1-5-6-7-8-19(24)12-18-11-17(2)14-25-22(18)20-13-21(26-32-20)28-10-9-23(15-28,16-31-3)27-33(4,29)30/h1,6-8,11,14,20,27H,9-10,12-13,15-16H2,2-4H3/b7-6-,19-8+/t20-,23?/m0/s1. The maximum Gasteiger partial charge on any atom is 0.209 e. The number of allylic oxidation sites excluding steroid dienone is 4. The largest absolute Gasteiger partial charge is 0.384 e. The van der Waals surface area contributed by atoms with Gasteiger partial charge in [0.2, 0.25) is 10.0 Å². The number of aromatic nitrogens is 1. The van der Waals surface area contributed by atoms with Gasteiger partial charge in [0.25, 0.3) is 0 Å². The van der Waals surface area contributed by atoms with Gasteiger partial charge in [-0.3, -0.25) is 4.98 Å². The van der Waals surface area contributed by atoms with Crippen molar-refractivity contribution in [1.82, 2.24) is 14.6 Å². The fourth-order valence-corrected chi connectivity index (χ4v) is 5.22. The Hall–Kier alpha value is -2.74. The van der Waals surface area contributed by atoms with Gasteiger partial charge in [0.1, 0.15) is 11.7 Å². The highest BCUT2D eigenvalue weighted by Gasteiger charge is 2.43. The van der Waals surface area contributed by atoms with Crippen LogP contribution in [-0.2, 0) is 26.0 Å². The SMILES string of the molecule is C#C/C=C\C=C(\F)Cc1cc(C)cnc1[C@@H]1CC(N2CCC(COC)(NS(C)(=O)=O)C2)=NO1. The van der Waals surface area contributed by atoms with Crippen LogP contribution in [-0.4, -0.2) is 62.7 Å². The molecule has 3 heterocycles. The topological polar surface area (TPSA) is 93.1 Å². The lowest BCUT2D eigenvalue weighted by atomic mass is 10.0. The summed E-state index contributed by atoms with van der Waals surface area (Å²) < 4.78 is 46.1. The summed E-state index contributed by atoms with van der Waals surface area (Å²) in [5.41, 5.74) is 1.53. The quantitative estimate of drug-likeness (QED) is 0.458. The van der Waals surface area contributed by atoms with Gasteiger partial charge in [-0.05, 0) is 36.6 Å². The van der Waals surface area contributed by atoms with Crippen LogP contribution in [0.15, 0.2) is 41.5 Å². The van der Waals surface area contributed by atoms with Crippen molar-refractivity contribution in [3.05, 3.63) is 53.1 Å². The summed E-state index contributed by atoms with van der Waals surface area (Å²) in [4.78, 5) is 12.2. The lowest BCUT2D eigenvalue weighted by Gasteiger charge is -2.29. The van der Waals surface area contributed by atoms with Crippen LogP contribution in [0.4, 0.5) is 4.39 Å². The minimum absolute atomic E-state index is 0.0626. The Morgan fingerprint density at radius 2 is 2.33 bits per heavy atom. The van der Waals surface area contributed by atoms with Gasteiger partial charge in [-0.1, -0.05) is 23.2 Å². The summed E-state index contributed by atoms with van der Waals surface area (Å²) in [6.07, 6.45) is 12.9. The Morgan fingerprint density at radius 1 is 1.55 bits per heavy atom. The predicted molar refractivity (Wildman–Crippen MR) is 124 cm³/mol. The molecule has 0 aromatic carbocycles. The first-order chi connectivity index (χ1) is 15.6. The molecule has 1 N–H and O–H groups in total. The van der Waals surface area contributed by atoms with Crippen LogP contribution in [0.2, 0.25) is 0 Å². The van der Waals surface area contributed by atoms with E-state index in [0.717, 1.165) is 11.8 Å². The monoisotopic (exact) mass is 476 g/mol. The Morgan fingerprint density at radius 3 is 3.03 bits per heavy atom. The van der Waals surface area contributed by atoms with E-state index in [2.05, 4.69) is 20.8 Å². The number of oxime groups is 1. The molecular weight excluding hydrogens is 447 g/mol. The molecule has 1 saturated heterocycles. The van der Waals surface area contributed by atoms with Crippen LogP contribution in [0.3, 0.4) is 0 Å². The second-order valence-corrected chi connectivity index (χ2v) is 10.2. The normalized spacial score (nSPS) is 23.6. The predicted octanol–water partition coefficient (Wildman–Crippen LogP) is 2.39. The zero-order valence-corrected chi connectivity index (χ0v) is 19.9. The summed E-state index contributed by atoms with van der Waals surface area (Å²) in [6.45, 7) is 3.16. The van der Waals surface area contributed by atoms with Crippen LogP contribution < -0.4 is 4.72 Å². The number of ether oxygens (including phenoxy) is 1. The van der Waals surface area contributed by atoms with Crippen molar-refractivity contribution in [3.8, 4) is 12.3 Å². The summed E-state index contributed by atoms with van der Waals surface area (Å²) in [7, 11) is -1.87. The summed E-state index contributed by atoms with van der Waals surface area (Å²) >= 11 is 0. The molecule has 1 unspecified atom stereocenters. The molecule has 2 aliphatic heterocycles. The Kier molecular flexibility index (Phi) is 7.89. The number of terminal acetylenes is 1. The van der Waals surface area contributed by atoms with Gasteiger partial charge in [0.15, 0.2) is 6.10 Å². The van der Waals surface area contributed by atoms with Gasteiger partial charge < -0.3 is 14.5 Å². The summed E-state index contributed by atoms with van der Waals surface area (Å²) in [5, 5.41) is 4.24. The average Bonchev–Trinajstić information content (AvgIpc) is 3.35. The number of nitrogens with zero attached hydrogens (tertiary/aromatic N) is 3. The number of halogens is 1. The van der Waals surface area contributed by atoms with Gasteiger partial charge in [0, 0.05) is 32.8 Å². The van der Waals surface area contributed by atoms with Gasteiger partial charge >= 0.3 is 0 Å². The van der Waals surface area contributed by atoms with Crippen molar-refractivity contribution >= 4 is 15.9 Å². The first-order valence-corrected chi connectivity index (χ1v) is 12.4. The maximum absolute atomic E-state index is 14.4. The first-order valence-electron chi connectivity index (χ1n) is 10.5. The van der Waals surface area contributed by atoms with Crippen molar-refractivity contribution in [2.75, 3.05) is 33.1 Å². The number of sulfonamides is 1. The molecule has 1 fully saturated rings. The van der Waals surface area contributed by atoms with E-state index in [1.54, 1.807) is 13.3 Å². The molecule has 10 heteroatoms. The van der Waals surface area contributed by atoms with E-state index in [0.29, 0.717) is 43.0 Å². The van der Waals surface area contributed by atoms with Crippen molar-refractivity contribution in [1.29, 1.82) is 0 Å². The summed E-state index contributed by atoms with van der Waals surface area (Å²) in [5.74, 6) is 2.68. The third kappa shape index (κ3) is 6.63. The molecule has 2 atom stereocenters. The molecule has 0 bridgehead atoms. The van der Waals surface area contributed by atoms with Crippen molar-refractivity contribution in [2.24, 2.45) is 5.16 Å². The molecule has 0 radical (unpaired) electrons. The molecule has 0 aliphatic carbocycles. The number of amidine groups is 1. The van der Waals surface area contributed by atoms with Crippen molar-refractivity contribution < 1.29 is 22.4 Å². The molecular formula is C23H29FN4O4S.